The lowest BCUT2D eigenvalue weighted by Gasteiger charge is -2.49. The van der Waals surface area contributed by atoms with Gasteiger partial charge in [-0.2, -0.15) is 0 Å². The second-order valence-corrected chi connectivity index (χ2v) is 8.02. The van der Waals surface area contributed by atoms with Crippen molar-refractivity contribution in [2.75, 3.05) is 19.6 Å². The van der Waals surface area contributed by atoms with Crippen LogP contribution in [0.5, 0.6) is 0 Å². The first kappa shape index (κ1) is 12.9. The fourth-order valence-electron chi connectivity index (χ4n) is 5.56. The van der Waals surface area contributed by atoms with Crippen LogP contribution in [0.3, 0.4) is 0 Å². The van der Waals surface area contributed by atoms with Gasteiger partial charge in [0, 0.05) is 18.6 Å². The number of fused-ring (bicyclic) bond motifs is 2. The van der Waals surface area contributed by atoms with Crippen LogP contribution in [0.25, 0.3) is 0 Å². The molecule has 3 aliphatic rings. The molecular formula is C16H30N2. The highest BCUT2D eigenvalue weighted by atomic mass is 15.2. The Bertz CT molecular complexity index is 320. The standard InChI is InChI=1S/C16H30N2/c1-12-11-18(9-5-8-17-12)14-15(2,3)13-6-7-16(14,4)10-13/h12-14,17H,5-11H2,1-4H3. The van der Waals surface area contributed by atoms with Crippen molar-refractivity contribution in [3.8, 4) is 0 Å². The van der Waals surface area contributed by atoms with Crippen molar-refractivity contribution in [2.24, 2.45) is 16.7 Å². The maximum absolute atomic E-state index is 3.64. The van der Waals surface area contributed by atoms with Gasteiger partial charge in [0.1, 0.15) is 0 Å². The van der Waals surface area contributed by atoms with Crippen LogP contribution in [-0.2, 0) is 0 Å². The molecule has 3 fully saturated rings. The molecule has 1 heterocycles. The van der Waals surface area contributed by atoms with Crippen molar-refractivity contribution in [1.82, 2.24) is 10.2 Å². The Labute approximate surface area is 113 Å². The second-order valence-electron chi connectivity index (χ2n) is 8.02. The average molecular weight is 250 g/mol. The summed E-state index contributed by atoms with van der Waals surface area (Å²) in [4.78, 5) is 2.84. The van der Waals surface area contributed by atoms with E-state index in [1.165, 1.54) is 45.3 Å². The van der Waals surface area contributed by atoms with E-state index >= 15 is 0 Å². The van der Waals surface area contributed by atoms with E-state index in [4.69, 9.17) is 0 Å². The fraction of sp³-hybridized carbons (Fsp3) is 1.00. The van der Waals surface area contributed by atoms with Gasteiger partial charge in [0.05, 0.1) is 0 Å². The number of nitrogens with one attached hydrogen (secondary N) is 1. The molecule has 2 bridgehead atoms. The molecule has 2 saturated carbocycles. The molecule has 1 aliphatic heterocycles. The quantitative estimate of drug-likeness (QED) is 0.770. The van der Waals surface area contributed by atoms with Crippen molar-refractivity contribution >= 4 is 0 Å². The predicted octanol–water partition coefficient (Wildman–Crippen LogP) is 2.89. The largest absolute Gasteiger partial charge is 0.313 e. The predicted molar refractivity (Wildman–Crippen MR) is 76.7 cm³/mol. The molecule has 4 unspecified atom stereocenters. The van der Waals surface area contributed by atoms with Crippen molar-refractivity contribution < 1.29 is 0 Å². The molecule has 0 aromatic heterocycles. The summed E-state index contributed by atoms with van der Waals surface area (Å²) in [6, 6.07) is 1.47. The van der Waals surface area contributed by atoms with Crippen LogP contribution in [0.15, 0.2) is 0 Å². The monoisotopic (exact) mass is 250 g/mol. The van der Waals surface area contributed by atoms with E-state index in [2.05, 4.69) is 37.9 Å². The van der Waals surface area contributed by atoms with Gasteiger partial charge in [-0.15, -0.1) is 0 Å². The minimum Gasteiger partial charge on any atom is -0.313 e. The molecule has 4 atom stereocenters. The Morgan fingerprint density at radius 3 is 2.67 bits per heavy atom. The molecule has 0 amide bonds. The summed E-state index contributed by atoms with van der Waals surface area (Å²) >= 11 is 0. The van der Waals surface area contributed by atoms with Crippen LogP contribution >= 0.6 is 0 Å². The van der Waals surface area contributed by atoms with Gasteiger partial charge in [-0.05, 0) is 62.4 Å². The first-order valence-electron chi connectivity index (χ1n) is 7.91. The van der Waals surface area contributed by atoms with Gasteiger partial charge in [0.25, 0.3) is 0 Å². The lowest BCUT2D eigenvalue weighted by atomic mass is 9.67. The van der Waals surface area contributed by atoms with Gasteiger partial charge < -0.3 is 5.32 Å². The van der Waals surface area contributed by atoms with Crippen molar-refractivity contribution in [1.29, 1.82) is 0 Å². The van der Waals surface area contributed by atoms with E-state index in [-0.39, 0.29) is 0 Å². The summed E-state index contributed by atoms with van der Waals surface area (Å²) in [6.45, 7) is 13.7. The van der Waals surface area contributed by atoms with E-state index < -0.39 is 0 Å². The first-order chi connectivity index (χ1) is 8.43. The normalized spacial score (nSPS) is 48.3. The van der Waals surface area contributed by atoms with Crippen LogP contribution in [0.1, 0.15) is 53.4 Å². The lowest BCUT2D eigenvalue weighted by Crippen LogP contribution is -2.54. The molecule has 0 radical (unpaired) electrons. The highest BCUT2D eigenvalue weighted by molar-refractivity contribution is 5.13. The van der Waals surface area contributed by atoms with E-state index in [1.807, 2.05) is 0 Å². The minimum atomic E-state index is 0.525. The van der Waals surface area contributed by atoms with Crippen LogP contribution < -0.4 is 5.32 Å². The molecule has 2 heteroatoms. The molecular weight excluding hydrogens is 220 g/mol. The van der Waals surface area contributed by atoms with E-state index in [0.717, 1.165) is 12.0 Å². The zero-order valence-electron chi connectivity index (χ0n) is 12.6. The topological polar surface area (TPSA) is 15.3 Å². The number of hydrogen-bond donors (Lipinski definition) is 1. The van der Waals surface area contributed by atoms with E-state index in [9.17, 15) is 0 Å². The first-order valence-corrected chi connectivity index (χ1v) is 7.91. The Morgan fingerprint density at radius 1 is 1.22 bits per heavy atom. The van der Waals surface area contributed by atoms with Crippen LogP contribution in [0, 0.1) is 16.7 Å². The molecule has 1 N–H and O–H groups in total. The minimum absolute atomic E-state index is 0.525. The molecule has 2 aliphatic carbocycles. The maximum atomic E-state index is 3.64. The molecule has 0 aromatic carbocycles. The van der Waals surface area contributed by atoms with Gasteiger partial charge >= 0.3 is 0 Å². The van der Waals surface area contributed by atoms with Gasteiger partial charge in [0.15, 0.2) is 0 Å². The fourth-order valence-corrected chi connectivity index (χ4v) is 5.56. The average Bonchev–Trinajstić information content (AvgIpc) is 2.65. The summed E-state index contributed by atoms with van der Waals surface area (Å²) < 4.78 is 0. The molecule has 0 aromatic rings. The van der Waals surface area contributed by atoms with Gasteiger partial charge in [-0.1, -0.05) is 20.8 Å². The van der Waals surface area contributed by atoms with Gasteiger partial charge in [-0.3, -0.25) is 4.90 Å². The van der Waals surface area contributed by atoms with Gasteiger partial charge in [0.2, 0.25) is 0 Å². The highest BCUT2D eigenvalue weighted by Gasteiger charge is 2.60. The Balaban J connectivity index is 1.85. The summed E-state index contributed by atoms with van der Waals surface area (Å²) in [5, 5.41) is 3.64. The highest BCUT2D eigenvalue weighted by Crippen LogP contribution is 2.64. The SMILES string of the molecule is CC1CN(C2C3(C)CCC(C3)C2(C)C)CCCN1. The molecule has 18 heavy (non-hydrogen) atoms. The smallest absolute Gasteiger partial charge is 0.0204 e. The summed E-state index contributed by atoms with van der Waals surface area (Å²) in [6.07, 6.45) is 5.73. The van der Waals surface area contributed by atoms with E-state index in [1.54, 1.807) is 0 Å². The Morgan fingerprint density at radius 2 is 2.00 bits per heavy atom. The van der Waals surface area contributed by atoms with Crippen molar-refractivity contribution in [2.45, 2.75) is 65.5 Å². The zero-order chi connectivity index (χ0) is 13.0. The zero-order valence-corrected chi connectivity index (χ0v) is 12.6. The Hall–Kier alpha value is -0.0800. The molecule has 1 saturated heterocycles. The molecule has 0 spiro atoms. The van der Waals surface area contributed by atoms with Crippen LogP contribution in [0.2, 0.25) is 0 Å². The summed E-state index contributed by atoms with van der Waals surface area (Å²) in [7, 11) is 0. The molecule has 3 rings (SSSR count). The Kier molecular flexibility index (Phi) is 3.02. The molecule has 2 nitrogen and oxygen atoms in total. The second kappa shape index (κ2) is 4.21. The third-order valence-corrected chi connectivity index (χ3v) is 6.18. The number of rotatable bonds is 1. The van der Waals surface area contributed by atoms with Gasteiger partial charge in [-0.25, -0.2) is 0 Å². The third-order valence-electron chi connectivity index (χ3n) is 6.18. The number of nitrogens with zero attached hydrogens (tertiary/aromatic N) is 1. The van der Waals surface area contributed by atoms with Crippen LogP contribution in [-0.4, -0.2) is 36.6 Å². The van der Waals surface area contributed by atoms with Crippen LogP contribution in [0.4, 0.5) is 0 Å². The summed E-state index contributed by atoms with van der Waals surface area (Å²) in [5.41, 5.74) is 1.12. The number of hydrogen-bond acceptors (Lipinski definition) is 2. The lowest BCUT2D eigenvalue weighted by molar-refractivity contribution is 0.00369. The maximum Gasteiger partial charge on any atom is 0.0204 e. The van der Waals surface area contributed by atoms with E-state index in [0.29, 0.717) is 16.9 Å². The van der Waals surface area contributed by atoms with Crippen molar-refractivity contribution in [3.63, 3.8) is 0 Å². The third kappa shape index (κ3) is 1.84. The molecule has 104 valence electrons. The van der Waals surface area contributed by atoms with Crippen molar-refractivity contribution in [3.05, 3.63) is 0 Å². The summed E-state index contributed by atoms with van der Waals surface area (Å²) in [5.74, 6) is 0.971.